The van der Waals surface area contributed by atoms with E-state index in [1.54, 1.807) is 10.9 Å². The van der Waals surface area contributed by atoms with Crippen LogP contribution < -0.4 is 10.2 Å². The van der Waals surface area contributed by atoms with Gasteiger partial charge in [-0.3, -0.25) is 14.9 Å². The molecule has 11 heteroatoms. The summed E-state index contributed by atoms with van der Waals surface area (Å²) < 4.78 is 1.72. The van der Waals surface area contributed by atoms with Crippen LogP contribution in [0.15, 0.2) is 54.9 Å². The summed E-state index contributed by atoms with van der Waals surface area (Å²) in [5, 5.41) is 18.9. The quantitative estimate of drug-likeness (QED) is 0.284. The van der Waals surface area contributed by atoms with Gasteiger partial charge in [-0.25, -0.2) is 4.68 Å². The van der Waals surface area contributed by atoms with Crippen LogP contribution in [-0.4, -0.2) is 37.1 Å². The molecule has 4 heterocycles. The Morgan fingerprint density at radius 3 is 2.53 bits per heavy atom. The molecule has 0 spiro atoms. The molecule has 1 N–H and O–H groups in total. The molecule has 1 aliphatic rings. The summed E-state index contributed by atoms with van der Waals surface area (Å²) in [6, 6.07) is 10.9. The van der Waals surface area contributed by atoms with Crippen molar-refractivity contribution < 1.29 is 9.72 Å². The Morgan fingerprint density at radius 1 is 1.17 bits per heavy atom. The van der Waals surface area contributed by atoms with Gasteiger partial charge < -0.3 is 10.2 Å². The number of nitrogens with zero attached hydrogens (tertiary/aromatic N) is 6. The maximum Gasteiger partial charge on any atom is 0.324 e. The van der Waals surface area contributed by atoms with Crippen LogP contribution in [0.3, 0.4) is 0 Å². The smallest absolute Gasteiger partial charge is 0.315 e. The van der Waals surface area contributed by atoms with Gasteiger partial charge >= 0.3 is 5.00 Å². The van der Waals surface area contributed by atoms with E-state index in [1.807, 2.05) is 17.0 Å². The van der Waals surface area contributed by atoms with E-state index in [0.717, 1.165) is 42.1 Å². The Balaban J connectivity index is 1.58. The SMILES string of the molecule is C=C1CCCN1c1nc(NC(=O)c2ccc([N+](=O)[O-])s2)c2cnn(-c3ccc(C(C)(C)C)cc3)c2n1. The zero-order valence-corrected chi connectivity index (χ0v) is 21.0. The summed E-state index contributed by atoms with van der Waals surface area (Å²) in [6.45, 7) is 11.3. The maximum atomic E-state index is 13.0. The second kappa shape index (κ2) is 8.83. The highest BCUT2D eigenvalue weighted by Gasteiger charge is 2.24. The van der Waals surface area contributed by atoms with Gasteiger partial charge in [0.25, 0.3) is 5.91 Å². The van der Waals surface area contributed by atoms with Crippen molar-refractivity contribution in [2.75, 3.05) is 16.8 Å². The molecular formula is C25H25N7O3S. The van der Waals surface area contributed by atoms with Crippen molar-refractivity contribution in [3.8, 4) is 5.69 Å². The molecule has 0 bridgehead atoms. The number of aromatic nitrogens is 4. The van der Waals surface area contributed by atoms with Crippen molar-refractivity contribution >= 4 is 45.0 Å². The second-order valence-corrected chi connectivity index (χ2v) is 10.7. The molecule has 0 saturated carbocycles. The van der Waals surface area contributed by atoms with Gasteiger partial charge in [-0.2, -0.15) is 15.1 Å². The molecule has 1 aliphatic heterocycles. The van der Waals surface area contributed by atoms with Crippen molar-refractivity contribution in [3.05, 3.63) is 75.4 Å². The average Bonchev–Trinajstić information content (AvgIpc) is 3.58. The molecule has 0 aliphatic carbocycles. The first-order valence-electron chi connectivity index (χ1n) is 11.5. The minimum Gasteiger partial charge on any atom is -0.315 e. The van der Waals surface area contributed by atoms with E-state index < -0.39 is 10.8 Å². The van der Waals surface area contributed by atoms with Gasteiger partial charge in [0.05, 0.1) is 27.1 Å². The third kappa shape index (κ3) is 4.33. The summed E-state index contributed by atoms with van der Waals surface area (Å²) in [5.74, 6) is 0.223. The minimum absolute atomic E-state index is 0.0183. The molecule has 5 rings (SSSR count). The molecule has 0 radical (unpaired) electrons. The largest absolute Gasteiger partial charge is 0.324 e. The highest BCUT2D eigenvalue weighted by molar-refractivity contribution is 7.17. The molecule has 1 fully saturated rings. The first kappa shape index (κ1) is 23.6. The first-order chi connectivity index (χ1) is 17.1. The average molecular weight is 504 g/mol. The number of nitrogens with one attached hydrogen (secondary N) is 1. The number of amides is 1. The van der Waals surface area contributed by atoms with Gasteiger partial charge in [0.15, 0.2) is 5.65 Å². The van der Waals surface area contributed by atoms with Gasteiger partial charge in [0.1, 0.15) is 5.82 Å². The summed E-state index contributed by atoms with van der Waals surface area (Å²) >= 11 is 0.809. The highest BCUT2D eigenvalue weighted by Crippen LogP contribution is 2.32. The van der Waals surface area contributed by atoms with Gasteiger partial charge in [-0.05, 0) is 42.0 Å². The number of anilines is 2. The number of carbonyl (C=O) groups excluding carboxylic acids is 1. The lowest BCUT2D eigenvalue weighted by Gasteiger charge is -2.19. The Morgan fingerprint density at radius 2 is 1.92 bits per heavy atom. The van der Waals surface area contributed by atoms with Crippen molar-refractivity contribution in [3.63, 3.8) is 0 Å². The van der Waals surface area contributed by atoms with Crippen molar-refractivity contribution in [1.29, 1.82) is 0 Å². The Hall–Kier alpha value is -4.12. The summed E-state index contributed by atoms with van der Waals surface area (Å²) in [5.41, 5.74) is 3.49. The molecule has 184 valence electrons. The molecule has 3 aromatic heterocycles. The Kier molecular flexibility index (Phi) is 5.79. The molecular weight excluding hydrogens is 478 g/mol. The standard InChI is InChI=1S/C25H25N7O3S/c1-15-6-5-13-30(15)24-28-21(27-23(33)19-11-12-20(36-19)32(34)35)18-14-26-31(22(18)29-24)17-9-7-16(8-10-17)25(2,3)4/h7-12,14H,1,5-6,13H2,2-4H3,(H,27,28,29,33). The number of nitro groups is 1. The van der Waals surface area contributed by atoms with Crippen LogP contribution in [0.5, 0.6) is 0 Å². The van der Waals surface area contributed by atoms with E-state index in [-0.39, 0.29) is 21.1 Å². The number of hydrogen-bond acceptors (Lipinski definition) is 8. The molecule has 1 aromatic carbocycles. The number of rotatable bonds is 5. The number of benzene rings is 1. The van der Waals surface area contributed by atoms with Crippen LogP contribution in [0.25, 0.3) is 16.7 Å². The predicted octanol–water partition coefficient (Wildman–Crippen LogP) is 5.45. The van der Waals surface area contributed by atoms with E-state index in [9.17, 15) is 14.9 Å². The minimum atomic E-state index is -0.517. The summed E-state index contributed by atoms with van der Waals surface area (Å²) in [7, 11) is 0. The zero-order valence-electron chi connectivity index (χ0n) is 20.2. The van der Waals surface area contributed by atoms with E-state index in [2.05, 4.69) is 54.9 Å². The van der Waals surface area contributed by atoms with E-state index >= 15 is 0 Å². The van der Waals surface area contributed by atoms with Crippen molar-refractivity contribution in [2.24, 2.45) is 0 Å². The fraction of sp³-hybridized carbons (Fsp3) is 0.280. The molecule has 0 atom stereocenters. The summed E-state index contributed by atoms with van der Waals surface area (Å²) in [6.07, 6.45) is 3.39. The summed E-state index contributed by atoms with van der Waals surface area (Å²) in [4.78, 5) is 35.1. The van der Waals surface area contributed by atoms with Crippen LogP contribution in [0.2, 0.25) is 0 Å². The fourth-order valence-electron chi connectivity index (χ4n) is 4.10. The molecule has 36 heavy (non-hydrogen) atoms. The third-order valence-electron chi connectivity index (χ3n) is 6.09. The van der Waals surface area contributed by atoms with Crippen molar-refractivity contribution in [1.82, 2.24) is 19.7 Å². The van der Waals surface area contributed by atoms with Gasteiger partial charge in [-0.15, -0.1) is 0 Å². The van der Waals surface area contributed by atoms with Gasteiger partial charge in [0, 0.05) is 18.3 Å². The molecule has 10 nitrogen and oxygen atoms in total. The van der Waals surface area contributed by atoms with Crippen LogP contribution in [0.4, 0.5) is 16.8 Å². The van der Waals surface area contributed by atoms with Gasteiger partial charge in [-0.1, -0.05) is 50.8 Å². The number of hydrogen-bond donors (Lipinski definition) is 1. The number of thiophene rings is 1. The second-order valence-electron chi connectivity index (χ2n) is 9.63. The van der Waals surface area contributed by atoms with Crippen LogP contribution in [0, 0.1) is 10.1 Å². The number of allylic oxidation sites excluding steroid dienone is 1. The first-order valence-corrected chi connectivity index (χ1v) is 12.3. The number of fused-ring (bicyclic) bond motifs is 1. The van der Waals surface area contributed by atoms with Crippen LogP contribution in [0.1, 0.15) is 48.8 Å². The molecule has 4 aromatic rings. The van der Waals surface area contributed by atoms with Crippen LogP contribution >= 0.6 is 11.3 Å². The lowest BCUT2D eigenvalue weighted by Crippen LogP contribution is -2.20. The zero-order chi connectivity index (χ0) is 25.6. The Labute approximate surface area is 211 Å². The monoisotopic (exact) mass is 503 g/mol. The maximum absolute atomic E-state index is 13.0. The van der Waals surface area contributed by atoms with E-state index in [1.165, 1.54) is 17.7 Å². The molecule has 1 amide bonds. The normalized spacial score (nSPS) is 14.0. The lowest BCUT2D eigenvalue weighted by molar-refractivity contribution is -0.380. The third-order valence-corrected chi connectivity index (χ3v) is 7.13. The van der Waals surface area contributed by atoms with E-state index in [0.29, 0.717) is 17.0 Å². The predicted molar refractivity (Wildman–Crippen MR) is 140 cm³/mol. The molecule has 1 saturated heterocycles. The number of carbonyl (C=O) groups is 1. The van der Waals surface area contributed by atoms with Crippen molar-refractivity contribution in [2.45, 2.75) is 39.0 Å². The fourth-order valence-corrected chi connectivity index (χ4v) is 4.81. The lowest BCUT2D eigenvalue weighted by atomic mass is 9.87. The highest BCUT2D eigenvalue weighted by atomic mass is 32.1. The van der Waals surface area contributed by atoms with E-state index in [4.69, 9.17) is 4.98 Å². The topological polar surface area (TPSA) is 119 Å². The molecule has 0 unspecified atom stereocenters. The Bertz CT molecular complexity index is 1500. The van der Waals surface area contributed by atoms with Crippen LogP contribution in [-0.2, 0) is 5.41 Å². The van der Waals surface area contributed by atoms with Gasteiger partial charge in [0.2, 0.25) is 5.95 Å².